The summed E-state index contributed by atoms with van der Waals surface area (Å²) in [5.41, 5.74) is 2.28. The Morgan fingerprint density at radius 3 is 2.76 bits per heavy atom. The summed E-state index contributed by atoms with van der Waals surface area (Å²) in [6, 6.07) is 13.9. The van der Waals surface area contributed by atoms with Crippen molar-refractivity contribution >= 4 is 12.6 Å². The molecule has 5 nitrogen and oxygen atoms in total. The number of nitrogens with zero attached hydrogens (tertiary/aromatic N) is 2. The van der Waals surface area contributed by atoms with Crippen LogP contribution in [0.2, 0.25) is 0 Å². The van der Waals surface area contributed by atoms with Crippen molar-refractivity contribution in [3.63, 3.8) is 0 Å². The summed E-state index contributed by atoms with van der Waals surface area (Å²) >= 11 is 0. The van der Waals surface area contributed by atoms with Crippen molar-refractivity contribution in [1.29, 1.82) is 10.5 Å². The smallest absolute Gasteiger partial charge is 0.456 e. The molecule has 0 aromatic heterocycles. The van der Waals surface area contributed by atoms with Crippen LogP contribution in [0.1, 0.15) is 16.7 Å². The van der Waals surface area contributed by atoms with Crippen molar-refractivity contribution in [1.82, 2.24) is 0 Å². The Labute approximate surface area is 121 Å². The monoisotopic (exact) mass is 276 g/mol. The number of nitriles is 2. The van der Waals surface area contributed by atoms with E-state index in [1.165, 1.54) is 6.07 Å². The average Bonchev–Trinajstić information content (AvgIpc) is 2.88. The SMILES string of the molecule is N#Cc1ccc(Oc2ccc3c(c2)COB3O)c(C#N)c1. The fourth-order valence-electron chi connectivity index (χ4n) is 2.17. The molecule has 0 amide bonds. The standard InChI is InChI=1S/C15H9BN2O3/c17-7-10-1-4-15(11(5-10)8-18)21-13-2-3-14-12(6-13)9-20-16(14)19/h1-6,19H,9H2. The zero-order valence-electron chi connectivity index (χ0n) is 10.9. The quantitative estimate of drug-likeness (QED) is 0.838. The molecule has 0 fully saturated rings. The lowest BCUT2D eigenvalue weighted by Gasteiger charge is -2.09. The van der Waals surface area contributed by atoms with E-state index in [1.54, 1.807) is 30.3 Å². The first-order valence-electron chi connectivity index (χ1n) is 6.26. The molecular formula is C15H9BN2O3. The topological polar surface area (TPSA) is 86.3 Å². The van der Waals surface area contributed by atoms with Gasteiger partial charge in [0.05, 0.1) is 23.8 Å². The van der Waals surface area contributed by atoms with Crippen molar-refractivity contribution in [2.24, 2.45) is 0 Å². The molecule has 0 spiro atoms. The number of hydrogen-bond donors (Lipinski definition) is 1. The van der Waals surface area contributed by atoms with Crippen LogP contribution >= 0.6 is 0 Å². The van der Waals surface area contributed by atoms with E-state index in [9.17, 15) is 5.02 Å². The van der Waals surface area contributed by atoms with Gasteiger partial charge in [0.15, 0.2) is 0 Å². The molecule has 0 saturated carbocycles. The molecule has 1 aliphatic rings. The van der Waals surface area contributed by atoms with Crippen LogP contribution < -0.4 is 10.2 Å². The molecule has 100 valence electrons. The highest BCUT2D eigenvalue weighted by Gasteiger charge is 2.27. The molecule has 2 aromatic carbocycles. The van der Waals surface area contributed by atoms with Crippen LogP contribution in [0.15, 0.2) is 36.4 Å². The second-order valence-electron chi connectivity index (χ2n) is 4.56. The van der Waals surface area contributed by atoms with Crippen molar-refractivity contribution in [3.8, 4) is 23.6 Å². The van der Waals surface area contributed by atoms with Gasteiger partial charge < -0.3 is 14.4 Å². The third-order valence-electron chi connectivity index (χ3n) is 3.23. The van der Waals surface area contributed by atoms with Gasteiger partial charge in [-0.2, -0.15) is 10.5 Å². The van der Waals surface area contributed by atoms with Crippen LogP contribution in [0.5, 0.6) is 11.5 Å². The summed E-state index contributed by atoms with van der Waals surface area (Å²) in [5.74, 6) is 0.934. The summed E-state index contributed by atoms with van der Waals surface area (Å²) in [4.78, 5) is 0. The van der Waals surface area contributed by atoms with Crippen molar-refractivity contribution in [2.75, 3.05) is 0 Å². The van der Waals surface area contributed by atoms with Crippen LogP contribution in [0.4, 0.5) is 0 Å². The van der Waals surface area contributed by atoms with Crippen LogP contribution in [0.3, 0.4) is 0 Å². The van der Waals surface area contributed by atoms with Crippen molar-refractivity contribution < 1.29 is 14.4 Å². The summed E-state index contributed by atoms with van der Waals surface area (Å²) in [6.45, 7) is 0.326. The van der Waals surface area contributed by atoms with E-state index >= 15 is 0 Å². The Morgan fingerprint density at radius 2 is 2.00 bits per heavy atom. The van der Waals surface area contributed by atoms with Gasteiger partial charge in [-0.05, 0) is 41.4 Å². The molecule has 1 aliphatic heterocycles. The molecule has 3 rings (SSSR count). The van der Waals surface area contributed by atoms with Gasteiger partial charge in [0.25, 0.3) is 0 Å². The molecule has 2 aromatic rings. The van der Waals surface area contributed by atoms with Crippen LogP contribution in [0, 0.1) is 22.7 Å². The maximum Gasteiger partial charge on any atom is 0.491 e. The number of fused-ring (bicyclic) bond motifs is 1. The highest BCUT2D eigenvalue weighted by Crippen LogP contribution is 2.27. The van der Waals surface area contributed by atoms with Gasteiger partial charge in [0, 0.05) is 0 Å². The first-order valence-corrected chi connectivity index (χ1v) is 6.26. The highest BCUT2D eigenvalue weighted by molar-refractivity contribution is 6.61. The predicted octanol–water partition coefficient (Wildman–Crippen LogP) is 1.44. The minimum absolute atomic E-state index is 0.297. The molecule has 0 aliphatic carbocycles. The lowest BCUT2D eigenvalue weighted by atomic mass is 9.80. The Bertz CT molecular complexity index is 792. The molecule has 0 unspecified atom stereocenters. The van der Waals surface area contributed by atoms with Gasteiger partial charge in [-0.15, -0.1) is 0 Å². The van der Waals surface area contributed by atoms with Gasteiger partial charge >= 0.3 is 7.12 Å². The maximum atomic E-state index is 9.57. The summed E-state index contributed by atoms with van der Waals surface area (Å²) in [7, 11) is -0.890. The molecule has 0 bridgehead atoms. The first kappa shape index (κ1) is 13.2. The second kappa shape index (κ2) is 5.30. The van der Waals surface area contributed by atoms with Gasteiger partial charge in [-0.25, -0.2) is 0 Å². The number of ether oxygens (including phenoxy) is 1. The van der Waals surface area contributed by atoms with Crippen LogP contribution in [0.25, 0.3) is 0 Å². The third kappa shape index (κ3) is 2.46. The van der Waals surface area contributed by atoms with Gasteiger partial charge in [0.2, 0.25) is 0 Å². The zero-order valence-corrected chi connectivity index (χ0v) is 10.9. The normalized spacial score (nSPS) is 12.4. The fourth-order valence-corrected chi connectivity index (χ4v) is 2.17. The minimum atomic E-state index is -0.890. The molecular weight excluding hydrogens is 267 g/mol. The molecule has 1 heterocycles. The lowest BCUT2D eigenvalue weighted by molar-refractivity contribution is 0.275. The van der Waals surface area contributed by atoms with E-state index < -0.39 is 7.12 Å². The fraction of sp³-hybridized carbons (Fsp3) is 0.0667. The maximum absolute atomic E-state index is 9.57. The van der Waals surface area contributed by atoms with Gasteiger partial charge in [-0.1, -0.05) is 6.07 Å². The van der Waals surface area contributed by atoms with E-state index in [1.807, 2.05) is 12.1 Å². The largest absolute Gasteiger partial charge is 0.491 e. The van der Waals surface area contributed by atoms with E-state index in [0.29, 0.717) is 29.2 Å². The molecule has 21 heavy (non-hydrogen) atoms. The number of benzene rings is 2. The Balaban J connectivity index is 1.91. The number of hydrogen-bond acceptors (Lipinski definition) is 5. The molecule has 0 atom stereocenters. The Morgan fingerprint density at radius 1 is 1.14 bits per heavy atom. The summed E-state index contributed by atoms with van der Waals surface area (Å²) in [6.07, 6.45) is 0. The zero-order chi connectivity index (χ0) is 14.8. The van der Waals surface area contributed by atoms with Gasteiger partial charge in [-0.3, -0.25) is 0 Å². The summed E-state index contributed by atoms with van der Waals surface area (Å²) < 4.78 is 10.8. The molecule has 0 saturated heterocycles. The Hall–Kier alpha value is -2.80. The second-order valence-corrected chi connectivity index (χ2v) is 4.56. The molecule has 6 heteroatoms. The summed E-state index contributed by atoms with van der Waals surface area (Å²) in [5, 5.41) is 27.5. The van der Waals surface area contributed by atoms with E-state index in [-0.39, 0.29) is 0 Å². The van der Waals surface area contributed by atoms with E-state index in [4.69, 9.17) is 19.9 Å². The molecule has 0 radical (unpaired) electrons. The number of rotatable bonds is 2. The van der Waals surface area contributed by atoms with Crippen molar-refractivity contribution in [2.45, 2.75) is 6.61 Å². The van der Waals surface area contributed by atoms with Crippen LogP contribution in [-0.4, -0.2) is 12.1 Å². The minimum Gasteiger partial charge on any atom is -0.456 e. The lowest BCUT2D eigenvalue weighted by Crippen LogP contribution is -2.27. The average molecular weight is 276 g/mol. The first-order chi connectivity index (χ1) is 10.2. The predicted molar refractivity (Wildman–Crippen MR) is 74.8 cm³/mol. The van der Waals surface area contributed by atoms with E-state index in [0.717, 1.165) is 11.0 Å². The highest BCUT2D eigenvalue weighted by atomic mass is 16.5. The Kier molecular flexibility index (Phi) is 3.33. The van der Waals surface area contributed by atoms with Crippen LogP contribution in [-0.2, 0) is 11.3 Å². The molecule has 1 N–H and O–H groups in total. The van der Waals surface area contributed by atoms with E-state index in [2.05, 4.69) is 0 Å². The third-order valence-corrected chi connectivity index (χ3v) is 3.23. The van der Waals surface area contributed by atoms with Crippen molar-refractivity contribution in [3.05, 3.63) is 53.1 Å². The van der Waals surface area contributed by atoms with Gasteiger partial charge in [0.1, 0.15) is 17.6 Å².